The fourth-order valence-corrected chi connectivity index (χ4v) is 2.58. The highest BCUT2D eigenvalue weighted by atomic mass is 79.9. The third-order valence-corrected chi connectivity index (χ3v) is 4.17. The van der Waals surface area contributed by atoms with Crippen molar-refractivity contribution in [3.8, 4) is 0 Å². The van der Waals surface area contributed by atoms with Gasteiger partial charge in [0, 0.05) is 19.8 Å². The Labute approximate surface area is 122 Å². The summed E-state index contributed by atoms with van der Waals surface area (Å²) in [5.74, 6) is 0. The Kier molecular flexibility index (Phi) is 4.29. The van der Waals surface area contributed by atoms with Gasteiger partial charge < -0.3 is 5.32 Å². The van der Waals surface area contributed by atoms with Crippen LogP contribution in [0.2, 0.25) is 0 Å². The lowest BCUT2D eigenvalue weighted by Crippen LogP contribution is -2.08. The zero-order valence-corrected chi connectivity index (χ0v) is 13.5. The third kappa shape index (κ3) is 2.83. The van der Waals surface area contributed by atoms with E-state index in [1.807, 2.05) is 29.5 Å². The zero-order valence-electron chi connectivity index (χ0n) is 11.9. The fraction of sp³-hybridized carbons (Fsp3) is 0.538. The molecule has 2 aromatic rings. The highest BCUT2D eigenvalue weighted by Gasteiger charge is 2.13. The van der Waals surface area contributed by atoms with Gasteiger partial charge in [0.1, 0.15) is 0 Å². The summed E-state index contributed by atoms with van der Waals surface area (Å²) in [6, 6.07) is 0. The fourth-order valence-electron chi connectivity index (χ4n) is 2.16. The molecule has 5 nitrogen and oxygen atoms in total. The SMILES string of the molecule is CCc1nn(C)cc1NCc1c(Br)c(C)nn1CC. The first-order valence-corrected chi connectivity index (χ1v) is 7.34. The summed E-state index contributed by atoms with van der Waals surface area (Å²) in [6.07, 6.45) is 2.95. The van der Waals surface area contributed by atoms with Crippen LogP contribution in [0.4, 0.5) is 5.69 Å². The van der Waals surface area contributed by atoms with Gasteiger partial charge in [0.25, 0.3) is 0 Å². The number of nitrogens with zero attached hydrogens (tertiary/aromatic N) is 4. The normalized spacial score (nSPS) is 11.0. The summed E-state index contributed by atoms with van der Waals surface area (Å²) in [6.45, 7) is 7.85. The van der Waals surface area contributed by atoms with Crippen LogP contribution >= 0.6 is 15.9 Å². The molecule has 0 radical (unpaired) electrons. The number of nitrogens with one attached hydrogen (secondary N) is 1. The van der Waals surface area contributed by atoms with Crippen molar-refractivity contribution in [2.75, 3.05) is 5.32 Å². The molecule has 1 N–H and O–H groups in total. The molecule has 0 amide bonds. The Bertz CT molecular complexity index is 570. The van der Waals surface area contributed by atoms with Gasteiger partial charge >= 0.3 is 0 Å². The van der Waals surface area contributed by atoms with Crippen molar-refractivity contribution in [3.05, 3.63) is 27.8 Å². The van der Waals surface area contributed by atoms with Crippen molar-refractivity contribution in [2.24, 2.45) is 7.05 Å². The Hall–Kier alpha value is -1.30. The van der Waals surface area contributed by atoms with Crippen LogP contribution in [0, 0.1) is 6.92 Å². The molecule has 0 atom stereocenters. The molecule has 6 heteroatoms. The van der Waals surface area contributed by atoms with Crippen molar-refractivity contribution < 1.29 is 0 Å². The lowest BCUT2D eigenvalue weighted by atomic mass is 10.3. The van der Waals surface area contributed by atoms with Gasteiger partial charge in [-0.25, -0.2) is 0 Å². The second-order valence-corrected chi connectivity index (χ2v) is 5.33. The molecule has 2 rings (SSSR count). The van der Waals surface area contributed by atoms with E-state index in [2.05, 4.69) is 45.3 Å². The first-order valence-electron chi connectivity index (χ1n) is 6.54. The van der Waals surface area contributed by atoms with E-state index in [0.717, 1.165) is 41.1 Å². The van der Waals surface area contributed by atoms with Gasteiger partial charge in [-0.3, -0.25) is 9.36 Å². The second kappa shape index (κ2) is 5.77. The predicted molar refractivity (Wildman–Crippen MR) is 80.3 cm³/mol. The zero-order chi connectivity index (χ0) is 14.0. The monoisotopic (exact) mass is 325 g/mol. The van der Waals surface area contributed by atoms with Gasteiger partial charge in [-0.15, -0.1) is 0 Å². The maximum absolute atomic E-state index is 4.50. The maximum atomic E-state index is 4.50. The van der Waals surface area contributed by atoms with Crippen molar-refractivity contribution in [1.82, 2.24) is 19.6 Å². The summed E-state index contributed by atoms with van der Waals surface area (Å²) < 4.78 is 4.95. The quantitative estimate of drug-likeness (QED) is 0.919. The second-order valence-electron chi connectivity index (χ2n) is 4.53. The minimum absolute atomic E-state index is 0.744. The first-order chi connectivity index (χ1) is 9.06. The first kappa shape index (κ1) is 14.1. The molecule has 0 aromatic carbocycles. The van der Waals surface area contributed by atoms with E-state index in [1.165, 1.54) is 5.69 Å². The maximum Gasteiger partial charge on any atom is 0.0853 e. The molecular formula is C13H20BrN5. The molecule has 19 heavy (non-hydrogen) atoms. The minimum atomic E-state index is 0.744. The van der Waals surface area contributed by atoms with Gasteiger partial charge in [0.2, 0.25) is 0 Å². The molecule has 0 aliphatic rings. The topological polar surface area (TPSA) is 47.7 Å². The van der Waals surface area contributed by atoms with E-state index < -0.39 is 0 Å². The number of hydrogen-bond acceptors (Lipinski definition) is 3. The molecule has 2 aromatic heterocycles. The molecule has 0 unspecified atom stereocenters. The Morgan fingerprint density at radius 2 is 2.05 bits per heavy atom. The van der Waals surface area contributed by atoms with Crippen molar-refractivity contribution in [1.29, 1.82) is 0 Å². The van der Waals surface area contributed by atoms with Gasteiger partial charge in [-0.1, -0.05) is 6.92 Å². The smallest absolute Gasteiger partial charge is 0.0853 e. The summed E-state index contributed by atoms with van der Waals surface area (Å²) in [7, 11) is 1.95. The van der Waals surface area contributed by atoms with Gasteiger partial charge in [-0.2, -0.15) is 10.2 Å². The predicted octanol–water partition coefficient (Wildman–Crippen LogP) is 2.88. The minimum Gasteiger partial charge on any atom is -0.377 e. The standard InChI is InChI=1S/C13H20BrN5/c1-5-10-11(8-18(4)17-10)15-7-12-13(14)9(3)16-19(12)6-2/h8,15H,5-7H2,1-4H3. The van der Waals surface area contributed by atoms with Crippen LogP contribution in [0.25, 0.3) is 0 Å². The van der Waals surface area contributed by atoms with Crippen LogP contribution < -0.4 is 5.32 Å². The summed E-state index contributed by atoms with van der Waals surface area (Å²) in [5, 5.41) is 12.4. The highest BCUT2D eigenvalue weighted by molar-refractivity contribution is 9.10. The number of aryl methyl sites for hydroxylation is 4. The molecule has 0 fully saturated rings. The van der Waals surface area contributed by atoms with Crippen LogP contribution in [-0.2, 0) is 26.6 Å². The molecular weight excluding hydrogens is 306 g/mol. The molecule has 0 saturated heterocycles. The van der Waals surface area contributed by atoms with Crippen LogP contribution in [0.1, 0.15) is 30.9 Å². The third-order valence-electron chi connectivity index (χ3n) is 3.14. The van der Waals surface area contributed by atoms with Crippen molar-refractivity contribution in [3.63, 3.8) is 0 Å². The van der Waals surface area contributed by atoms with E-state index in [4.69, 9.17) is 0 Å². The van der Waals surface area contributed by atoms with Crippen molar-refractivity contribution >= 4 is 21.6 Å². The lowest BCUT2D eigenvalue weighted by molar-refractivity contribution is 0.622. The van der Waals surface area contributed by atoms with Crippen LogP contribution in [0.15, 0.2) is 10.7 Å². The Morgan fingerprint density at radius 1 is 1.32 bits per heavy atom. The molecule has 0 bridgehead atoms. The van der Waals surface area contributed by atoms with Crippen LogP contribution in [-0.4, -0.2) is 19.6 Å². The van der Waals surface area contributed by atoms with Gasteiger partial charge in [-0.05, 0) is 36.2 Å². The largest absolute Gasteiger partial charge is 0.377 e. The van der Waals surface area contributed by atoms with E-state index in [0.29, 0.717) is 0 Å². The molecule has 2 heterocycles. The highest BCUT2D eigenvalue weighted by Crippen LogP contribution is 2.23. The van der Waals surface area contributed by atoms with Gasteiger partial charge in [0.15, 0.2) is 0 Å². The number of hydrogen-bond donors (Lipinski definition) is 1. The van der Waals surface area contributed by atoms with E-state index in [-0.39, 0.29) is 0 Å². The summed E-state index contributed by atoms with van der Waals surface area (Å²) in [5.41, 5.74) is 4.39. The average Bonchev–Trinajstić information content (AvgIpc) is 2.88. The summed E-state index contributed by atoms with van der Waals surface area (Å²) >= 11 is 3.61. The number of rotatable bonds is 5. The van der Waals surface area contributed by atoms with Crippen LogP contribution in [0.5, 0.6) is 0 Å². The molecule has 0 aliphatic carbocycles. The van der Waals surface area contributed by atoms with Gasteiger partial charge in [0.05, 0.1) is 33.8 Å². The molecule has 0 aliphatic heterocycles. The Balaban J connectivity index is 2.18. The van der Waals surface area contributed by atoms with E-state index in [1.54, 1.807) is 0 Å². The lowest BCUT2D eigenvalue weighted by Gasteiger charge is -2.08. The molecule has 0 saturated carbocycles. The summed E-state index contributed by atoms with van der Waals surface area (Å²) in [4.78, 5) is 0. The van der Waals surface area contributed by atoms with E-state index in [9.17, 15) is 0 Å². The average molecular weight is 326 g/mol. The number of halogens is 1. The van der Waals surface area contributed by atoms with Crippen LogP contribution in [0.3, 0.4) is 0 Å². The number of anilines is 1. The molecule has 0 spiro atoms. The van der Waals surface area contributed by atoms with Crippen molar-refractivity contribution in [2.45, 2.75) is 40.3 Å². The number of aromatic nitrogens is 4. The Morgan fingerprint density at radius 3 is 2.68 bits per heavy atom. The van der Waals surface area contributed by atoms with E-state index >= 15 is 0 Å². The molecule has 104 valence electrons.